The van der Waals surface area contributed by atoms with Gasteiger partial charge in [-0.05, 0) is 26.0 Å². The molecule has 0 aliphatic heterocycles. The van der Waals surface area contributed by atoms with Crippen LogP contribution in [0, 0.1) is 25.2 Å². The fourth-order valence-electron chi connectivity index (χ4n) is 2.10. The molecule has 2 aromatic rings. The molecule has 0 unspecified atom stereocenters. The van der Waals surface area contributed by atoms with Gasteiger partial charge in [-0.3, -0.25) is 14.4 Å². The number of Topliss-reactive ketones (excluding diaryl/α,β-unsaturated/α-hetero) is 1. The summed E-state index contributed by atoms with van der Waals surface area (Å²) in [7, 11) is 0. The molecular weight excluding hydrogens is 354 g/mol. The van der Waals surface area contributed by atoms with E-state index in [1.54, 1.807) is 30.5 Å². The predicted octanol–water partition coefficient (Wildman–Crippen LogP) is 1.91. The van der Waals surface area contributed by atoms with Crippen molar-refractivity contribution in [2.24, 2.45) is 0 Å². The summed E-state index contributed by atoms with van der Waals surface area (Å²) in [5.41, 5.74) is 2.07. The number of thiazole rings is 1. The Kier molecular flexibility index (Phi) is 6.58. The SMILES string of the molecule is Cc1cccc(C(=O)NCC(=O)OCC(=O)[C@H](C#N)c2nc(C)cs2)c1. The number of ketones is 1. The molecule has 2 rings (SSSR count). The Balaban J connectivity index is 1.81. The molecule has 7 nitrogen and oxygen atoms in total. The number of carbonyl (C=O) groups is 3. The van der Waals surface area contributed by atoms with Crippen LogP contribution in [0.25, 0.3) is 0 Å². The molecule has 0 saturated carbocycles. The summed E-state index contributed by atoms with van der Waals surface area (Å²) in [6, 6.07) is 8.78. The van der Waals surface area contributed by atoms with Gasteiger partial charge in [-0.1, -0.05) is 17.7 Å². The zero-order valence-electron chi connectivity index (χ0n) is 14.3. The van der Waals surface area contributed by atoms with Crippen LogP contribution in [-0.2, 0) is 14.3 Å². The maximum absolute atomic E-state index is 12.1. The van der Waals surface area contributed by atoms with Gasteiger partial charge in [0.25, 0.3) is 5.91 Å². The standard InChI is InChI=1S/C18H17N3O4S/c1-11-4-3-5-13(6-11)17(24)20-8-16(23)25-9-15(22)14(7-19)18-21-12(2)10-26-18/h3-6,10,14H,8-9H2,1-2H3,(H,20,24)/t14-/m0/s1. The van der Waals surface area contributed by atoms with Gasteiger partial charge < -0.3 is 10.1 Å². The molecule has 1 aromatic heterocycles. The topological polar surface area (TPSA) is 109 Å². The third kappa shape index (κ3) is 5.22. The maximum atomic E-state index is 12.1. The van der Waals surface area contributed by atoms with Crippen LogP contribution in [0.2, 0.25) is 0 Å². The molecule has 0 saturated heterocycles. The van der Waals surface area contributed by atoms with E-state index in [0.29, 0.717) is 16.3 Å². The summed E-state index contributed by atoms with van der Waals surface area (Å²) >= 11 is 1.21. The Morgan fingerprint density at radius 2 is 2.12 bits per heavy atom. The number of rotatable bonds is 7. The summed E-state index contributed by atoms with van der Waals surface area (Å²) in [6.45, 7) is 2.70. The number of hydrogen-bond acceptors (Lipinski definition) is 7. The van der Waals surface area contributed by atoms with Gasteiger partial charge >= 0.3 is 5.97 Å². The van der Waals surface area contributed by atoms with E-state index in [1.807, 2.05) is 19.1 Å². The lowest BCUT2D eigenvalue weighted by Crippen LogP contribution is -2.32. The molecule has 1 amide bonds. The minimum absolute atomic E-state index is 0.367. The smallest absolute Gasteiger partial charge is 0.325 e. The van der Waals surface area contributed by atoms with Gasteiger partial charge in [0.1, 0.15) is 11.6 Å². The number of ether oxygens (including phenoxy) is 1. The van der Waals surface area contributed by atoms with Crippen LogP contribution in [0.15, 0.2) is 29.6 Å². The van der Waals surface area contributed by atoms with Gasteiger partial charge in [-0.25, -0.2) is 4.98 Å². The van der Waals surface area contributed by atoms with Crippen molar-refractivity contribution in [2.45, 2.75) is 19.8 Å². The van der Waals surface area contributed by atoms with Gasteiger partial charge in [0.15, 0.2) is 18.3 Å². The van der Waals surface area contributed by atoms with Crippen LogP contribution in [0.4, 0.5) is 0 Å². The maximum Gasteiger partial charge on any atom is 0.325 e. The molecule has 134 valence electrons. The fourth-order valence-corrected chi connectivity index (χ4v) is 2.96. The summed E-state index contributed by atoms with van der Waals surface area (Å²) < 4.78 is 4.85. The lowest BCUT2D eigenvalue weighted by molar-refractivity contribution is -0.146. The number of esters is 1. The largest absolute Gasteiger partial charge is 0.456 e. The number of aryl methyl sites for hydroxylation is 2. The quantitative estimate of drug-likeness (QED) is 0.745. The average Bonchev–Trinajstić information content (AvgIpc) is 3.04. The van der Waals surface area contributed by atoms with Crippen molar-refractivity contribution in [3.63, 3.8) is 0 Å². The molecule has 0 spiro atoms. The lowest BCUT2D eigenvalue weighted by atomic mass is 10.1. The van der Waals surface area contributed by atoms with E-state index in [9.17, 15) is 14.4 Å². The Hall–Kier alpha value is -3.05. The highest BCUT2D eigenvalue weighted by atomic mass is 32.1. The van der Waals surface area contributed by atoms with E-state index in [-0.39, 0.29) is 6.54 Å². The summed E-state index contributed by atoms with van der Waals surface area (Å²) in [4.78, 5) is 39.8. The molecular formula is C18H17N3O4S. The average molecular weight is 371 g/mol. The van der Waals surface area contributed by atoms with Crippen molar-refractivity contribution >= 4 is 29.0 Å². The molecule has 0 aliphatic rings. The van der Waals surface area contributed by atoms with Crippen LogP contribution in [0.1, 0.15) is 32.5 Å². The highest BCUT2D eigenvalue weighted by Crippen LogP contribution is 2.20. The molecule has 1 heterocycles. The van der Waals surface area contributed by atoms with Crippen molar-refractivity contribution in [3.8, 4) is 6.07 Å². The Morgan fingerprint density at radius 3 is 2.73 bits per heavy atom. The number of amides is 1. The van der Waals surface area contributed by atoms with Crippen molar-refractivity contribution in [1.29, 1.82) is 5.26 Å². The highest BCUT2D eigenvalue weighted by Gasteiger charge is 2.24. The van der Waals surface area contributed by atoms with E-state index < -0.39 is 30.2 Å². The van der Waals surface area contributed by atoms with E-state index in [0.717, 1.165) is 5.56 Å². The molecule has 1 atom stereocenters. The number of aromatic nitrogens is 1. The van der Waals surface area contributed by atoms with Crippen LogP contribution in [-0.4, -0.2) is 35.8 Å². The minimum Gasteiger partial charge on any atom is -0.456 e. The first-order valence-electron chi connectivity index (χ1n) is 7.75. The third-order valence-corrected chi connectivity index (χ3v) is 4.41. The van der Waals surface area contributed by atoms with Crippen molar-refractivity contribution in [1.82, 2.24) is 10.3 Å². The predicted molar refractivity (Wildman–Crippen MR) is 94.7 cm³/mol. The summed E-state index contributed by atoms with van der Waals surface area (Å²) in [5.74, 6) is -2.79. The monoisotopic (exact) mass is 371 g/mol. The second-order valence-electron chi connectivity index (χ2n) is 5.57. The highest BCUT2D eigenvalue weighted by molar-refractivity contribution is 7.09. The summed E-state index contributed by atoms with van der Waals surface area (Å²) in [6.07, 6.45) is 0. The zero-order valence-corrected chi connectivity index (χ0v) is 15.1. The van der Waals surface area contributed by atoms with Crippen molar-refractivity contribution < 1.29 is 19.1 Å². The van der Waals surface area contributed by atoms with Crippen LogP contribution in [0.5, 0.6) is 0 Å². The molecule has 8 heteroatoms. The van der Waals surface area contributed by atoms with E-state index in [2.05, 4.69) is 10.3 Å². The van der Waals surface area contributed by atoms with E-state index >= 15 is 0 Å². The number of hydrogen-bond donors (Lipinski definition) is 1. The van der Waals surface area contributed by atoms with Crippen molar-refractivity contribution in [3.05, 3.63) is 51.5 Å². The number of carbonyl (C=O) groups excluding carboxylic acids is 3. The van der Waals surface area contributed by atoms with Gasteiger partial charge in [0, 0.05) is 16.6 Å². The van der Waals surface area contributed by atoms with E-state index in [1.165, 1.54) is 11.3 Å². The first kappa shape index (κ1) is 19.3. The number of nitriles is 1. The molecule has 0 aliphatic carbocycles. The van der Waals surface area contributed by atoms with Gasteiger partial charge in [-0.15, -0.1) is 11.3 Å². The Bertz CT molecular complexity index is 869. The van der Waals surface area contributed by atoms with Crippen LogP contribution < -0.4 is 5.32 Å². The minimum atomic E-state index is -1.07. The van der Waals surface area contributed by atoms with Gasteiger partial charge in [-0.2, -0.15) is 5.26 Å². The van der Waals surface area contributed by atoms with Gasteiger partial charge in [0.2, 0.25) is 0 Å². The number of benzene rings is 1. The number of nitrogens with zero attached hydrogens (tertiary/aromatic N) is 2. The first-order valence-corrected chi connectivity index (χ1v) is 8.63. The molecule has 26 heavy (non-hydrogen) atoms. The van der Waals surface area contributed by atoms with Crippen LogP contribution in [0.3, 0.4) is 0 Å². The van der Waals surface area contributed by atoms with Crippen molar-refractivity contribution in [2.75, 3.05) is 13.2 Å². The van der Waals surface area contributed by atoms with Crippen LogP contribution >= 0.6 is 11.3 Å². The Morgan fingerprint density at radius 1 is 1.35 bits per heavy atom. The second kappa shape index (κ2) is 8.87. The lowest BCUT2D eigenvalue weighted by Gasteiger charge is -2.08. The zero-order chi connectivity index (χ0) is 19.1. The first-order chi connectivity index (χ1) is 12.4. The Labute approximate surface area is 154 Å². The number of nitrogens with one attached hydrogen (secondary N) is 1. The fraction of sp³-hybridized carbons (Fsp3) is 0.278. The van der Waals surface area contributed by atoms with E-state index in [4.69, 9.17) is 10.00 Å². The second-order valence-corrected chi connectivity index (χ2v) is 6.46. The normalized spacial score (nSPS) is 11.3. The molecule has 0 fully saturated rings. The molecule has 1 N–H and O–H groups in total. The molecule has 0 radical (unpaired) electrons. The molecule has 0 bridgehead atoms. The third-order valence-electron chi connectivity index (χ3n) is 3.38. The molecule has 1 aromatic carbocycles. The van der Waals surface area contributed by atoms with Gasteiger partial charge in [0.05, 0.1) is 6.07 Å². The summed E-state index contributed by atoms with van der Waals surface area (Å²) in [5, 5.41) is 13.7.